The molecule has 1 saturated carbocycles. The normalized spacial score (nSPS) is 20.7. The molecule has 1 aliphatic carbocycles. The van der Waals surface area contributed by atoms with E-state index in [9.17, 15) is 9.18 Å². The first-order chi connectivity index (χ1) is 15.9. The fourth-order valence-electron chi connectivity index (χ4n) is 4.67. The molecule has 2 aromatic rings. The molecule has 2 atom stereocenters. The van der Waals surface area contributed by atoms with Crippen LogP contribution in [-0.2, 0) is 22.6 Å². The third-order valence-electron chi connectivity index (χ3n) is 6.75. The van der Waals surface area contributed by atoms with Gasteiger partial charge in [0.25, 0.3) is 0 Å². The number of benzene rings is 1. The Bertz CT molecular complexity index is 942. The summed E-state index contributed by atoms with van der Waals surface area (Å²) in [6, 6.07) is 5.36. The largest absolute Gasteiger partial charge is 0.493 e. The van der Waals surface area contributed by atoms with Crippen molar-refractivity contribution >= 4 is 11.9 Å². The zero-order chi connectivity index (χ0) is 23.4. The number of ether oxygens (including phenoxy) is 2. The van der Waals surface area contributed by atoms with Crippen LogP contribution in [0.3, 0.4) is 0 Å². The van der Waals surface area contributed by atoms with Crippen LogP contribution in [0.5, 0.6) is 5.75 Å². The smallest absolute Gasteiger partial charge is 0.324 e. The maximum atomic E-state index is 14.3. The van der Waals surface area contributed by atoms with E-state index in [1.54, 1.807) is 33.3 Å². The lowest BCUT2D eigenvalue weighted by Crippen LogP contribution is -2.34. The number of methoxy groups -OCH3 is 1. The molecule has 33 heavy (non-hydrogen) atoms. The van der Waals surface area contributed by atoms with Crippen molar-refractivity contribution in [1.82, 2.24) is 15.0 Å². The molecule has 0 spiro atoms. The van der Waals surface area contributed by atoms with Crippen molar-refractivity contribution in [2.24, 2.45) is 17.8 Å². The van der Waals surface area contributed by atoms with Gasteiger partial charge in [-0.1, -0.05) is 11.2 Å². The zero-order valence-corrected chi connectivity index (χ0v) is 19.6. The predicted molar refractivity (Wildman–Crippen MR) is 120 cm³/mol. The highest BCUT2D eigenvalue weighted by Crippen LogP contribution is 2.49. The average molecular weight is 461 g/mol. The summed E-state index contributed by atoms with van der Waals surface area (Å²) in [5, 5.41) is 3.94. The van der Waals surface area contributed by atoms with Crippen LogP contribution in [-0.4, -0.2) is 61.8 Å². The van der Waals surface area contributed by atoms with Gasteiger partial charge in [-0.05, 0) is 55.1 Å². The number of anilines is 1. The van der Waals surface area contributed by atoms with Gasteiger partial charge in [0, 0.05) is 40.4 Å². The molecule has 2 heterocycles. The van der Waals surface area contributed by atoms with E-state index in [0.717, 1.165) is 44.2 Å². The molecule has 0 radical (unpaired) electrons. The second-order valence-electron chi connectivity index (χ2n) is 9.27. The summed E-state index contributed by atoms with van der Waals surface area (Å²) in [4.78, 5) is 19.8. The van der Waals surface area contributed by atoms with Crippen molar-refractivity contribution in [2.75, 3.05) is 45.8 Å². The lowest BCUT2D eigenvalue weighted by molar-refractivity contribution is -0.128. The van der Waals surface area contributed by atoms with Crippen molar-refractivity contribution in [3.8, 4) is 5.75 Å². The minimum absolute atomic E-state index is 0.0580. The van der Waals surface area contributed by atoms with Gasteiger partial charge in [0.05, 0.1) is 13.0 Å². The molecule has 4 rings (SSSR count). The maximum Gasteiger partial charge on any atom is 0.324 e. The molecular weight excluding hydrogens is 427 g/mol. The van der Waals surface area contributed by atoms with E-state index in [2.05, 4.69) is 15.0 Å². The number of amides is 1. The highest BCUT2D eigenvalue weighted by Gasteiger charge is 2.43. The van der Waals surface area contributed by atoms with Crippen LogP contribution in [0, 0.1) is 23.6 Å². The fourth-order valence-corrected chi connectivity index (χ4v) is 4.67. The Morgan fingerprint density at radius 1 is 1.30 bits per heavy atom. The average Bonchev–Trinajstić information content (AvgIpc) is 3.42. The number of aromatic nitrogens is 2. The maximum absolute atomic E-state index is 14.3. The first-order valence-electron chi connectivity index (χ1n) is 11.6. The van der Waals surface area contributed by atoms with E-state index in [1.165, 1.54) is 17.4 Å². The Morgan fingerprint density at radius 3 is 2.79 bits per heavy atom. The monoisotopic (exact) mass is 460 g/mol. The van der Waals surface area contributed by atoms with Gasteiger partial charge in [0.2, 0.25) is 5.91 Å². The highest BCUT2D eigenvalue weighted by molar-refractivity contribution is 5.78. The SMILES string of the molecule is COCc1noc(N2CCC([C@H]3C[C@H]3CCOc3ccc(CC(=O)N(C)C)c(F)c3)CC2)n1. The topological polar surface area (TPSA) is 80.9 Å². The lowest BCUT2D eigenvalue weighted by Gasteiger charge is -2.30. The Balaban J connectivity index is 1.16. The zero-order valence-electron chi connectivity index (χ0n) is 19.6. The lowest BCUT2D eigenvalue weighted by atomic mass is 9.90. The number of rotatable bonds is 10. The standard InChI is InChI=1S/C24H33FN4O4/c1-28(2)23(30)13-18-4-5-19(14-21(18)25)32-11-8-17-12-20(17)16-6-9-29(10-7-16)24-26-22(15-31-3)27-33-24/h4-5,14,16-17,20H,6-13,15H2,1-3H3/t17-,20-/m1/s1. The minimum Gasteiger partial charge on any atom is -0.493 e. The van der Waals surface area contributed by atoms with Gasteiger partial charge < -0.3 is 23.8 Å². The van der Waals surface area contributed by atoms with Crippen LogP contribution in [0.1, 0.15) is 37.1 Å². The van der Waals surface area contributed by atoms with Gasteiger partial charge in [-0.2, -0.15) is 4.98 Å². The number of carbonyl (C=O) groups is 1. The number of likely N-dealkylation sites (N-methyl/N-ethyl adjacent to an activating group) is 1. The molecule has 8 nitrogen and oxygen atoms in total. The number of piperidine rings is 1. The van der Waals surface area contributed by atoms with Crippen LogP contribution in [0.15, 0.2) is 22.7 Å². The van der Waals surface area contributed by atoms with E-state index in [-0.39, 0.29) is 12.3 Å². The summed E-state index contributed by atoms with van der Waals surface area (Å²) in [5.74, 6) is 2.73. The van der Waals surface area contributed by atoms with Crippen LogP contribution >= 0.6 is 0 Å². The second-order valence-corrected chi connectivity index (χ2v) is 9.27. The Kier molecular flexibility index (Phi) is 7.47. The molecule has 1 aromatic carbocycles. The van der Waals surface area contributed by atoms with Gasteiger partial charge >= 0.3 is 6.01 Å². The Hall–Kier alpha value is -2.68. The van der Waals surface area contributed by atoms with E-state index < -0.39 is 5.82 Å². The van der Waals surface area contributed by atoms with Crippen LogP contribution < -0.4 is 9.64 Å². The predicted octanol–water partition coefficient (Wildman–Crippen LogP) is 3.31. The number of hydrogen-bond donors (Lipinski definition) is 0. The molecule has 0 N–H and O–H groups in total. The van der Waals surface area contributed by atoms with Crippen molar-refractivity contribution in [3.05, 3.63) is 35.4 Å². The molecule has 1 saturated heterocycles. The van der Waals surface area contributed by atoms with Gasteiger partial charge in [-0.25, -0.2) is 4.39 Å². The molecule has 180 valence electrons. The van der Waals surface area contributed by atoms with E-state index in [0.29, 0.717) is 42.3 Å². The fraction of sp³-hybridized carbons (Fsp3) is 0.625. The van der Waals surface area contributed by atoms with Crippen molar-refractivity contribution < 1.29 is 23.2 Å². The molecule has 2 fully saturated rings. The van der Waals surface area contributed by atoms with Crippen molar-refractivity contribution in [1.29, 1.82) is 0 Å². The number of halogens is 1. The quantitative estimate of drug-likeness (QED) is 0.538. The second kappa shape index (κ2) is 10.5. The van der Waals surface area contributed by atoms with Gasteiger partial charge in [-0.3, -0.25) is 4.79 Å². The molecule has 0 bridgehead atoms. The summed E-state index contributed by atoms with van der Waals surface area (Å²) >= 11 is 0. The van der Waals surface area contributed by atoms with Crippen LogP contribution in [0.25, 0.3) is 0 Å². The van der Waals surface area contributed by atoms with Crippen molar-refractivity contribution in [2.45, 2.75) is 38.7 Å². The number of hydrogen-bond acceptors (Lipinski definition) is 7. The van der Waals surface area contributed by atoms with E-state index in [1.807, 2.05) is 0 Å². The first-order valence-corrected chi connectivity index (χ1v) is 11.6. The number of nitrogens with zero attached hydrogens (tertiary/aromatic N) is 4. The first kappa shape index (κ1) is 23.5. The third-order valence-corrected chi connectivity index (χ3v) is 6.75. The van der Waals surface area contributed by atoms with E-state index in [4.69, 9.17) is 14.0 Å². The highest BCUT2D eigenvalue weighted by atomic mass is 19.1. The molecule has 1 aliphatic heterocycles. The summed E-state index contributed by atoms with van der Waals surface area (Å²) in [6.07, 6.45) is 4.54. The number of carbonyl (C=O) groups excluding carboxylic acids is 1. The van der Waals surface area contributed by atoms with Crippen LogP contribution in [0.2, 0.25) is 0 Å². The molecule has 1 amide bonds. The molecule has 9 heteroatoms. The summed E-state index contributed by atoms with van der Waals surface area (Å²) in [7, 11) is 4.95. The van der Waals surface area contributed by atoms with Crippen molar-refractivity contribution in [3.63, 3.8) is 0 Å². The Labute approximate surface area is 194 Å². The van der Waals surface area contributed by atoms with Gasteiger partial charge in [0.1, 0.15) is 18.2 Å². The molecule has 0 unspecified atom stereocenters. The minimum atomic E-state index is -0.394. The summed E-state index contributed by atoms with van der Waals surface area (Å²) < 4.78 is 30.5. The summed E-state index contributed by atoms with van der Waals surface area (Å²) in [6.45, 7) is 2.81. The van der Waals surface area contributed by atoms with Gasteiger partial charge in [0.15, 0.2) is 5.82 Å². The third kappa shape index (κ3) is 6.01. The molecule has 2 aliphatic rings. The molecule has 1 aromatic heterocycles. The summed E-state index contributed by atoms with van der Waals surface area (Å²) in [5.41, 5.74) is 0.394. The Morgan fingerprint density at radius 2 is 2.09 bits per heavy atom. The van der Waals surface area contributed by atoms with Crippen LogP contribution in [0.4, 0.5) is 10.4 Å². The molecular formula is C24H33FN4O4. The van der Waals surface area contributed by atoms with Gasteiger partial charge in [-0.15, -0.1) is 0 Å². The van der Waals surface area contributed by atoms with E-state index >= 15 is 0 Å².